The number of hydrogen-bond donors (Lipinski definition) is 1. The minimum absolute atomic E-state index is 0.00665. The van der Waals surface area contributed by atoms with Crippen molar-refractivity contribution in [1.82, 2.24) is 33.6 Å². The van der Waals surface area contributed by atoms with E-state index in [1.807, 2.05) is 0 Å². The average molecular weight is 618 g/mol. The fraction of sp³-hybridized carbons (Fsp3) is 0.462. The number of nitrogens with zero attached hydrogens (tertiary/aromatic N) is 8. The number of alkyl halides is 3. The van der Waals surface area contributed by atoms with Crippen LogP contribution >= 0.6 is 11.3 Å². The van der Waals surface area contributed by atoms with Gasteiger partial charge in [-0.05, 0) is 25.7 Å². The summed E-state index contributed by atoms with van der Waals surface area (Å²) in [4.78, 5) is 69.8. The number of ketones is 1. The zero-order valence-corrected chi connectivity index (χ0v) is 23.9. The molecule has 0 bridgehead atoms. The lowest BCUT2D eigenvalue weighted by Gasteiger charge is -2.26. The molecule has 0 aromatic carbocycles. The summed E-state index contributed by atoms with van der Waals surface area (Å²) in [6.45, 7) is 1.47. The van der Waals surface area contributed by atoms with Crippen LogP contribution in [0.4, 0.5) is 24.9 Å². The molecule has 1 saturated heterocycles. The largest absolute Gasteiger partial charge is 0.408 e. The standard InChI is InChI=1S/C26H26F3N9O4S/c1-3-15(39)11-37-21(40)18-19(35(2)24(37)42)32-13-38(18)25(6-7-25)22(41)34-17-12-43-20(33-17)14-9-30-23(31-10-14)36-8-4-5-16(36)26(27,28)29/h9-10,12-13,16H,3-8,11H2,1-2H3,(H,34,41)/t16-/m0/s1. The number of aromatic nitrogens is 7. The number of amides is 1. The molecule has 13 nitrogen and oxygen atoms in total. The lowest BCUT2D eigenvalue weighted by atomic mass is 10.2. The zero-order valence-electron chi connectivity index (χ0n) is 23.1. The van der Waals surface area contributed by atoms with E-state index < -0.39 is 34.9 Å². The normalized spacial score (nSPS) is 17.9. The van der Waals surface area contributed by atoms with Crippen LogP contribution in [-0.4, -0.2) is 64.1 Å². The van der Waals surface area contributed by atoms with Crippen molar-refractivity contribution >= 4 is 46.0 Å². The molecule has 1 amide bonds. The Morgan fingerprint density at radius 3 is 2.53 bits per heavy atom. The molecule has 0 spiro atoms. The van der Waals surface area contributed by atoms with Gasteiger partial charge < -0.3 is 14.8 Å². The van der Waals surface area contributed by atoms with E-state index in [0.717, 1.165) is 9.47 Å². The molecule has 4 aromatic rings. The molecule has 0 unspecified atom stereocenters. The zero-order chi connectivity index (χ0) is 30.7. The fourth-order valence-electron chi connectivity index (χ4n) is 5.34. The van der Waals surface area contributed by atoms with Crippen molar-refractivity contribution in [3.05, 3.63) is 44.9 Å². The Balaban J connectivity index is 1.23. The highest BCUT2D eigenvalue weighted by Crippen LogP contribution is 2.45. The van der Waals surface area contributed by atoms with Crippen LogP contribution < -0.4 is 21.5 Å². The van der Waals surface area contributed by atoms with Crippen molar-refractivity contribution in [3.63, 3.8) is 0 Å². The van der Waals surface area contributed by atoms with E-state index >= 15 is 0 Å². The summed E-state index contributed by atoms with van der Waals surface area (Å²) in [5, 5.41) is 4.83. The SMILES string of the molecule is CCC(=O)Cn1c(=O)c2c(ncn2C2(C(=O)Nc3csc(-c4cnc(N5CCC[C@H]5C(F)(F)F)nc4)n3)CC2)n(C)c1=O. The molecule has 2 fully saturated rings. The second-order valence-electron chi connectivity index (χ2n) is 10.6. The van der Waals surface area contributed by atoms with Crippen molar-refractivity contribution in [2.75, 3.05) is 16.8 Å². The van der Waals surface area contributed by atoms with Gasteiger partial charge in [-0.2, -0.15) is 13.2 Å². The third-order valence-electron chi connectivity index (χ3n) is 7.89. The van der Waals surface area contributed by atoms with E-state index in [9.17, 15) is 32.3 Å². The molecule has 1 atom stereocenters. The predicted octanol–water partition coefficient (Wildman–Crippen LogP) is 2.45. The van der Waals surface area contributed by atoms with Gasteiger partial charge >= 0.3 is 11.9 Å². The van der Waals surface area contributed by atoms with E-state index in [1.165, 1.54) is 46.2 Å². The molecule has 0 radical (unpaired) electrons. The van der Waals surface area contributed by atoms with Gasteiger partial charge in [-0.25, -0.2) is 24.7 Å². The number of carbonyl (C=O) groups is 2. The summed E-state index contributed by atoms with van der Waals surface area (Å²) in [7, 11) is 1.45. The molecule has 4 aromatic heterocycles. The minimum Gasteiger partial charge on any atom is -0.329 e. The number of imidazole rings is 1. The first kappa shape index (κ1) is 28.7. The van der Waals surface area contributed by atoms with Gasteiger partial charge in [-0.1, -0.05) is 6.92 Å². The molecule has 2 aliphatic rings. The van der Waals surface area contributed by atoms with E-state index in [-0.39, 0.29) is 54.6 Å². The Kier molecular flexibility index (Phi) is 6.94. The predicted molar refractivity (Wildman–Crippen MR) is 150 cm³/mol. The molecule has 6 rings (SSSR count). The number of halogens is 3. The molecule has 1 N–H and O–H groups in total. The number of carbonyl (C=O) groups excluding carboxylic acids is 2. The van der Waals surface area contributed by atoms with Crippen LogP contribution in [0, 0.1) is 0 Å². The maximum atomic E-state index is 13.5. The number of rotatable bonds is 8. The Morgan fingerprint density at radius 1 is 1.16 bits per heavy atom. The maximum absolute atomic E-state index is 13.5. The second kappa shape index (κ2) is 10.4. The lowest BCUT2D eigenvalue weighted by Crippen LogP contribution is -2.42. The number of thiazole rings is 1. The Labute approximate surface area is 245 Å². The quantitative estimate of drug-likeness (QED) is 0.315. The van der Waals surface area contributed by atoms with Crippen molar-refractivity contribution in [2.24, 2.45) is 7.05 Å². The minimum atomic E-state index is -4.37. The van der Waals surface area contributed by atoms with Gasteiger partial charge in [0.1, 0.15) is 22.4 Å². The second-order valence-corrected chi connectivity index (χ2v) is 11.5. The number of anilines is 2. The van der Waals surface area contributed by atoms with Gasteiger partial charge in [-0.15, -0.1) is 11.3 Å². The van der Waals surface area contributed by atoms with E-state index in [2.05, 4.69) is 25.3 Å². The number of nitrogens with one attached hydrogen (secondary N) is 1. The molecule has 1 aliphatic heterocycles. The van der Waals surface area contributed by atoms with E-state index in [1.54, 1.807) is 12.3 Å². The third kappa shape index (κ3) is 4.90. The number of aryl methyl sites for hydroxylation is 1. The van der Waals surface area contributed by atoms with Crippen LogP contribution in [-0.2, 0) is 28.7 Å². The molecule has 226 valence electrons. The molecule has 17 heteroatoms. The van der Waals surface area contributed by atoms with Gasteiger partial charge in [0, 0.05) is 43.4 Å². The first-order chi connectivity index (χ1) is 20.4. The lowest BCUT2D eigenvalue weighted by molar-refractivity contribution is -0.146. The molecule has 1 aliphatic carbocycles. The summed E-state index contributed by atoms with van der Waals surface area (Å²) in [6, 6.07) is -1.62. The van der Waals surface area contributed by atoms with Crippen LogP contribution in [0.25, 0.3) is 21.7 Å². The number of fused-ring (bicyclic) bond motifs is 1. The summed E-state index contributed by atoms with van der Waals surface area (Å²) >= 11 is 1.19. The van der Waals surface area contributed by atoms with Crippen molar-refractivity contribution in [1.29, 1.82) is 0 Å². The van der Waals surface area contributed by atoms with Crippen LogP contribution in [0.3, 0.4) is 0 Å². The van der Waals surface area contributed by atoms with Crippen LogP contribution in [0.15, 0.2) is 33.7 Å². The van der Waals surface area contributed by atoms with Gasteiger partial charge in [0.2, 0.25) is 5.95 Å². The molecule has 5 heterocycles. The van der Waals surface area contributed by atoms with Crippen molar-refractivity contribution < 1.29 is 22.8 Å². The monoisotopic (exact) mass is 617 g/mol. The summed E-state index contributed by atoms with van der Waals surface area (Å²) in [6.07, 6.45) is 1.13. The topological polar surface area (TPSA) is 150 Å². The molecule has 1 saturated carbocycles. The average Bonchev–Trinajstić information content (AvgIpc) is 3.34. The van der Waals surface area contributed by atoms with Crippen LogP contribution in [0.2, 0.25) is 0 Å². The molecular weight excluding hydrogens is 591 g/mol. The van der Waals surface area contributed by atoms with Crippen molar-refractivity contribution in [2.45, 2.75) is 63.3 Å². The highest BCUT2D eigenvalue weighted by molar-refractivity contribution is 7.13. The number of Topliss-reactive ketones (excluding diaryl/α,β-unsaturated/α-hetero) is 1. The first-order valence-corrected chi connectivity index (χ1v) is 14.4. The summed E-state index contributed by atoms with van der Waals surface area (Å²) < 4.78 is 43.5. The highest BCUT2D eigenvalue weighted by Gasteiger charge is 2.53. The van der Waals surface area contributed by atoms with Crippen LogP contribution in [0.5, 0.6) is 0 Å². The Hall–Kier alpha value is -4.41. The smallest absolute Gasteiger partial charge is 0.329 e. The molecular formula is C26H26F3N9O4S. The van der Waals surface area contributed by atoms with E-state index in [4.69, 9.17) is 0 Å². The van der Waals surface area contributed by atoms with Gasteiger partial charge in [0.25, 0.3) is 11.5 Å². The third-order valence-corrected chi connectivity index (χ3v) is 8.78. The maximum Gasteiger partial charge on any atom is 0.408 e. The first-order valence-electron chi connectivity index (χ1n) is 13.6. The van der Waals surface area contributed by atoms with Gasteiger partial charge in [0.15, 0.2) is 16.9 Å². The summed E-state index contributed by atoms with van der Waals surface area (Å²) in [5.41, 5.74) is -1.90. The van der Waals surface area contributed by atoms with Crippen molar-refractivity contribution in [3.8, 4) is 10.6 Å². The fourth-order valence-corrected chi connectivity index (χ4v) is 6.07. The highest BCUT2D eigenvalue weighted by atomic mass is 32.1. The Bertz CT molecular complexity index is 1850. The van der Waals surface area contributed by atoms with E-state index in [0.29, 0.717) is 29.8 Å². The summed E-state index contributed by atoms with van der Waals surface area (Å²) in [5.74, 6) is -0.497. The van der Waals surface area contributed by atoms with Crippen LogP contribution in [0.1, 0.15) is 39.0 Å². The van der Waals surface area contributed by atoms with Gasteiger partial charge in [0.05, 0.1) is 12.9 Å². The Morgan fingerprint density at radius 2 is 1.88 bits per heavy atom. The number of hydrogen-bond acceptors (Lipinski definition) is 10. The van der Waals surface area contributed by atoms with Gasteiger partial charge in [-0.3, -0.25) is 23.5 Å². The molecule has 43 heavy (non-hydrogen) atoms.